The third kappa shape index (κ3) is 3.82. The van der Waals surface area contributed by atoms with Gasteiger partial charge in [0.1, 0.15) is 35.5 Å². The largest absolute Gasteiger partial charge is 0.497 e. The molecule has 0 aliphatic rings. The van der Waals surface area contributed by atoms with Crippen molar-refractivity contribution in [3.63, 3.8) is 0 Å². The van der Waals surface area contributed by atoms with Gasteiger partial charge in [-0.25, -0.2) is 9.97 Å². The number of nitriles is 1. The molecule has 0 fully saturated rings. The summed E-state index contributed by atoms with van der Waals surface area (Å²) in [7, 11) is 3.19. The van der Waals surface area contributed by atoms with Gasteiger partial charge >= 0.3 is 0 Å². The molecule has 2 N–H and O–H groups in total. The van der Waals surface area contributed by atoms with Gasteiger partial charge in [-0.05, 0) is 24.3 Å². The maximum absolute atomic E-state index is 9.19. The molecule has 0 spiro atoms. The lowest BCUT2D eigenvalue weighted by Gasteiger charge is -2.13. The van der Waals surface area contributed by atoms with E-state index in [9.17, 15) is 5.26 Å². The summed E-state index contributed by atoms with van der Waals surface area (Å²) in [6.07, 6.45) is 1.44. The molecule has 0 aliphatic carbocycles. The Labute approximate surface area is 151 Å². The van der Waals surface area contributed by atoms with Crippen molar-refractivity contribution in [2.24, 2.45) is 0 Å². The minimum Gasteiger partial charge on any atom is -0.497 e. The number of benzene rings is 2. The van der Waals surface area contributed by atoms with Crippen molar-refractivity contribution in [2.45, 2.75) is 0 Å². The van der Waals surface area contributed by atoms with E-state index in [0.29, 0.717) is 34.4 Å². The summed E-state index contributed by atoms with van der Waals surface area (Å²) in [5.74, 6) is 2.48. The van der Waals surface area contributed by atoms with E-state index in [0.717, 1.165) is 5.69 Å². The normalized spacial score (nSPS) is 9.88. The fourth-order valence-corrected chi connectivity index (χ4v) is 2.36. The molecule has 3 rings (SSSR count). The second-order valence-corrected chi connectivity index (χ2v) is 5.26. The van der Waals surface area contributed by atoms with Gasteiger partial charge in [-0.1, -0.05) is 12.1 Å². The highest BCUT2D eigenvalue weighted by Gasteiger charge is 2.08. The van der Waals surface area contributed by atoms with Crippen LogP contribution < -0.4 is 20.1 Å². The third-order valence-electron chi connectivity index (χ3n) is 3.65. The minimum atomic E-state index is 0.539. The molecule has 26 heavy (non-hydrogen) atoms. The molecular weight excluding hydrogens is 330 g/mol. The van der Waals surface area contributed by atoms with E-state index < -0.39 is 0 Å². The van der Waals surface area contributed by atoms with E-state index in [-0.39, 0.29) is 0 Å². The van der Waals surface area contributed by atoms with Gasteiger partial charge in [0.2, 0.25) is 0 Å². The molecule has 1 aromatic heterocycles. The van der Waals surface area contributed by atoms with Crippen LogP contribution in [0.3, 0.4) is 0 Å². The van der Waals surface area contributed by atoms with Crippen molar-refractivity contribution in [3.05, 3.63) is 60.4 Å². The number of nitrogens with zero attached hydrogens (tertiary/aromatic N) is 3. The molecule has 0 radical (unpaired) electrons. The second-order valence-electron chi connectivity index (χ2n) is 5.26. The number of rotatable bonds is 6. The van der Waals surface area contributed by atoms with E-state index in [1.54, 1.807) is 32.4 Å². The quantitative estimate of drug-likeness (QED) is 0.699. The topological polar surface area (TPSA) is 92.1 Å². The van der Waals surface area contributed by atoms with Crippen LogP contribution in [-0.4, -0.2) is 24.2 Å². The summed E-state index contributed by atoms with van der Waals surface area (Å²) in [5, 5.41) is 15.5. The lowest BCUT2D eigenvalue weighted by atomic mass is 10.2. The molecule has 0 bridgehead atoms. The Balaban J connectivity index is 1.83. The molecule has 130 valence electrons. The zero-order chi connectivity index (χ0) is 18.4. The molecule has 0 unspecified atom stereocenters. The SMILES string of the molecule is COc1ccc(Nc2cc(Nc3ccccc3C#N)ncn2)c(OC)c1. The Morgan fingerprint density at radius 1 is 0.885 bits per heavy atom. The van der Waals surface area contributed by atoms with E-state index in [4.69, 9.17) is 9.47 Å². The zero-order valence-electron chi connectivity index (χ0n) is 14.4. The summed E-state index contributed by atoms with van der Waals surface area (Å²) >= 11 is 0. The molecule has 7 heteroatoms. The van der Waals surface area contributed by atoms with Gasteiger partial charge in [0.25, 0.3) is 0 Å². The van der Waals surface area contributed by atoms with E-state index >= 15 is 0 Å². The zero-order valence-corrected chi connectivity index (χ0v) is 14.4. The second kappa shape index (κ2) is 7.85. The molecule has 1 heterocycles. The maximum Gasteiger partial charge on any atom is 0.146 e. The van der Waals surface area contributed by atoms with Gasteiger partial charge in [-0.3, -0.25) is 0 Å². The summed E-state index contributed by atoms with van der Waals surface area (Å²) in [6, 6.07) is 16.6. The van der Waals surface area contributed by atoms with Gasteiger partial charge in [0.05, 0.1) is 31.2 Å². The minimum absolute atomic E-state index is 0.539. The lowest BCUT2D eigenvalue weighted by Crippen LogP contribution is -2.01. The summed E-state index contributed by atoms with van der Waals surface area (Å²) in [4.78, 5) is 8.42. The number of hydrogen-bond acceptors (Lipinski definition) is 7. The van der Waals surface area contributed by atoms with Gasteiger partial charge in [0, 0.05) is 12.1 Å². The Morgan fingerprint density at radius 3 is 2.31 bits per heavy atom. The summed E-state index contributed by atoms with van der Waals surface area (Å²) in [5.41, 5.74) is 1.97. The molecule has 0 amide bonds. The van der Waals surface area contributed by atoms with Gasteiger partial charge in [0.15, 0.2) is 0 Å². The summed E-state index contributed by atoms with van der Waals surface area (Å²) < 4.78 is 10.6. The number of anilines is 4. The van der Waals surface area contributed by atoms with Crippen LogP contribution >= 0.6 is 0 Å². The molecule has 0 atom stereocenters. The number of para-hydroxylation sites is 1. The van der Waals surface area contributed by atoms with Crippen LogP contribution in [-0.2, 0) is 0 Å². The highest BCUT2D eigenvalue weighted by Crippen LogP contribution is 2.31. The van der Waals surface area contributed by atoms with Crippen LogP contribution in [0.25, 0.3) is 0 Å². The van der Waals surface area contributed by atoms with E-state index in [2.05, 4.69) is 26.7 Å². The predicted octanol–water partition coefficient (Wildman–Crippen LogP) is 3.85. The van der Waals surface area contributed by atoms with Crippen molar-refractivity contribution in [1.82, 2.24) is 9.97 Å². The number of aromatic nitrogens is 2. The molecule has 3 aromatic rings. The van der Waals surface area contributed by atoms with E-state index in [1.807, 2.05) is 30.3 Å². The summed E-state index contributed by atoms with van der Waals surface area (Å²) in [6.45, 7) is 0. The Morgan fingerprint density at radius 2 is 1.62 bits per heavy atom. The first-order valence-electron chi connectivity index (χ1n) is 7.80. The molecule has 2 aromatic carbocycles. The Bertz CT molecular complexity index is 953. The molecular formula is C19H17N5O2. The molecule has 0 saturated carbocycles. The first-order valence-corrected chi connectivity index (χ1v) is 7.80. The van der Waals surface area contributed by atoms with Crippen molar-refractivity contribution in [2.75, 3.05) is 24.9 Å². The number of methoxy groups -OCH3 is 2. The van der Waals surface area contributed by atoms with Crippen LogP contribution in [0, 0.1) is 11.3 Å². The van der Waals surface area contributed by atoms with Crippen LogP contribution in [0.4, 0.5) is 23.0 Å². The fraction of sp³-hybridized carbons (Fsp3) is 0.105. The van der Waals surface area contributed by atoms with Crippen molar-refractivity contribution in [3.8, 4) is 17.6 Å². The van der Waals surface area contributed by atoms with E-state index in [1.165, 1.54) is 6.33 Å². The molecule has 7 nitrogen and oxygen atoms in total. The Hall–Kier alpha value is -3.79. The monoisotopic (exact) mass is 347 g/mol. The highest BCUT2D eigenvalue weighted by molar-refractivity contribution is 5.69. The average molecular weight is 347 g/mol. The van der Waals surface area contributed by atoms with Crippen LogP contribution in [0.15, 0.2) is 54.9 Å². The van der Waals surface area contributed by atoms with Crippen LogP contribution in [0.5, 0.6) is 11.5 Å². The Kier molecular flexibility index (Phi) is 5.15. The predicted molar refractivity (Wildman–Crippen MR) is 99.3 cm³/mol. The third-order valence-corrected chi connectivity index (χ3v) is 3.65. The highest BCUT2D eigenvalue weighted by atomic mass is 16.5. The fourth-order valence-electron chi connectivity index (χ4n) is 2.36. The number of hydrogen-bond donors (Lipinski definition) is 2. The van der Waals surface area contributed by atoms with Gasteiger partial charge < -0.3 is 20.1 Å². The van der Waals surface area contributed by atoms with Crippen molar-refractivity contribution < 1.29 is 9.47 Å². The first kappa shape index (κ1) is 17.0. The number of nitrogens with one attached hydrogen (secondary N) is 2. The van der Waals surface area contributed by atoms with Crippen molar-refractivity contribution in [1.29, 1.82) is 5.26 Å². The smallest absolute Gasteiger partial charge is 0.146 e. The maximum atomic E-state index is 9.19. The average Bonchev–Trinajstić information content (AvgIpc) is 2.69. The molecule has 0 saturated heterocycles. The molecule has 0 aliphatic heterocycles. The standard InChI is InChI=1S/C19H17N5O2/c1-25-14-7-8-16(17(9-14)26-2)24-19-10-18(21-12-22-19)23-15-6-4-3-5-13(15)11-20/h3-10,12H,1-2H3,(H2,21,22,23,24). The lowest BCUT2D eigenvalue weighted by molar-refractivity contribution is 0.395. The number of ether oxygens (including phenoxy) is 2. The van der Waals surface area contributed by atoms with Gasteiger partial charge in [-0.15, -0.1) is 0 Å². The van der Waals surface area contributed by atoms with Crippen LogP contribution in [0.2, 0.25) is 0 Å². The van der Waals surface area contributed by atoms with Crippen LogP contribution in [0.1, 0.15) is 5.56 Å². The van der Waals surface area contributed by atoms with Gasteiger partial charge in [-0.2, -0.15) is 5.26 Å². The first-order chi connectivity index (χ1) is 12.7. The van der Waals surface area contributed by atoms with Crippen molar-refractivity contribution >= 4 is 23.0 Å².